The predicted molar refractivity (Wildman–Crippen MR) is 122 cm³/mol. The van der Waals surface area contributed by atoms with Crippen molar-refractivity contribution < 1.29 is 18.8 Å². The molecule has 3 rings (SSSR count). The Labute approximate surface area is 187 Å². The number of halogens is 1. The number of aryl methyl sites for hydroxylation is 1. The summed E-state index contributed by atoms with van der Waals surface area (Å²) < 4.78 is 13.0. The van der Waals surface area contributed by atoms with E-state index in [2.05, 4.69) is 16.0 Å². The minimum absolute atomic E-state index is 0.112. The molecule has 2 aromatic rings. The molecular weight excluding hydrogens is 411 g/mol. The normalized spacial score (nSPS) is 14.4. The largest absolute Gasteiger partial charge is 0.334 e. The summed E-state index contributed by atoms with van der Waals surface area (Å²) in [7, 11) is 0. The molecule has 3 N–H and O–H groups in total. The van der Waals surface area contributed by atoms with Gasteiger partial charge in [0.25, 0.3) is 0 Å². The molecule has 8 heteroatoms. The van der Waals surface area contributed by atoms with Crippen LogP contribution in [-0.2, 0) is 16.1 Å². The van der Waals surface area contributed by atoms with Gasteiger partial charge in [0.2, 0.25) is 11.8 Å². The number of urea groups is 1. The minimum atomic E-state index is -0.747. The summed E-state index contributed by atoms with van der Waals surface area (Å²) in [6.45, 7) is 6.51. The van der Waals surface area contributed by atoms with Gasteiger partial charge >= 0.3 is 6.03 Å². The average molecular weight is 441 g/mol. The molecule has 1 unspecified atom stereocenters. The van der Waals surface area contributed by atoms with Crippen LogP contribution in [0.1, 0.15) is 37.8 Å². The first-order valence-electron chi connectivity index (χ1n) is 10.8. The minimum Gasteiger partial charge on any atom is -0.334 e. The molecule has 7 nitrogen and oxygen atoms in total. The number of hydrogen-bond donors (Lipinski definition) is 3. The van der Waals surface area contributed by atoms with E-state index in [1.165, 1.54) is 12.1 Å². The van der Waals surface area contributed by atoms with Crippen molar-refractivity contribution in [2.75, 3.05) is 16.8 Å². The second-order valence-electron chi connectivity index (χ2n) is 8.31. The number of carbonyl (C=O) groups is 3. The molecule has 0 saturated carbocycles. The molecule has 0 spiro atoms. The number of anilines is 2. The van der Waals surface area contributed by atoms with Crippen LogP contribution in [0.4, 0.5) is 20.6 Å². The zero-order valence-electron chi connectivity index (χ0n) is 18.6. The Morgan fingerprint density at radius 2 is 1.84 bits per heavy atom. The number of amides is 4. The maximum Gasteiger partial charge on any atom is 0.315 e. The van der Waals surface area contributed by atoms with E-state index >= 15 is 0 Å². The number of carbonyl (C=O) groups excluding carboxylic acids is 3. The summed E-state index contributed by atoms with van der Waals surface area (Å²) >= 11 is 0. The quantitative estimate of drug-likeness (QED) is 0.613. The van der Waals surface area contributed by atoms with Gasteiger partial charge in [0.05, 0.1) is 0 Å². The highest BCUT2D eigenvalue weighted by atomic mass is 19.1. The van der Waals surface area contributed by atoms with E-state index in [-0.39, 0.29) is 30.1 Å². The van der Waals surface area contributed by atoms with Crippen molar-refractivity contribution in [2.24, 2.45) is 5.92 Å². The van der Waals surface area contributed by atoms with Crippen LogP contribution in [0, 0.1) is 18.7 Å². The van der Waals surface area contributed by atoms with Gasteiger partial charge in [0.1, 0.15) is 11.9 Å². The van der Waals surface area contributed by atoms with Crippen molar-refractivity contribution in [3.05, 3.63) is 59.4 Å². The number of benzene rings is 2. The second-order valence-corrected chi connectivity index (χ2v) is 8.31. The molecule has 1 aliphatic rings. The maximum atomic E-state index is 13.0. The first kappa shape index (κ1) is 23.2. The van der Waals surface area contributed by atoms with Gasteiger partial charge in [-0.1, -0.05) is 26.0 Å². The molecule has 1 aliphatic heterocycles. The lowest BCUT2D eigenvalue weighted by Crippen LogP contribution is -2.50. The van der Waals surface area contributed by atoms with Gasteiger partial charge in [0.15, 0.2) is 0 Å². The molecule has 1 fully saturated rings. The summed E-state index contributed by atoms with van der Waals surface area (Å²) in [5.41, 5.74) is 3.09. The van der Waals surface area contributed by atoms with E-state index < -0.39 is 12.1 Å². The van der Waals surface area contributed by atoms with Gasteiger partial charge in [-0.05, 0) is 60.7 Å². The zero-order valence-corrected chi connectivity index (χ0v) is 18.6. The fraction of sp³-hybridized carbons (Fsp3) is 0.375. The monoisotopic (exact) mass is 440 g/mol. The number of rotatable bonds is 7. The molecule has 0 aliphatic carbocycles. The summed E-state index contributed by atoms with van der Waals surface area (Å²) in [4.78, 5) is 38.9. The Bertz CT molecular complexity index is 991. The molecule has 1 saturated heterocycles. The highest BCUT2D eigenvalue weighted by Gasteiger charge is 2.26. The maximum absolute atomic E-state index is 13.0. The topological polar surface area (TPSA) is 90.5 Å². The molecule has 32 heavy (non-hydrogen) atoms. The van der Waals surface area contributed by atoms with Crippen molar-refractivity contribution in [1.29, 1.82) is 0 Å². The first-order valence-corrected chi connectivity index (χ1v) is 10.8. The van der Waals surface area contributed by atoms with Gasteiger partial charge in [-0.25, -0.2) is 9.18 Å². The Kier molecular flexibility index (Phi) is 7.45. The third-order valence-electron chi connectivity index (χ3n) is 5.43. The predicted octanol–water partition coefficient (Wildman–Crippen LogP) is 3.72. The first-order chi connectivity index (χ1) is 15.2. The van der Waals surface area contributed by atoms with Crippen LogP contribution in [-0.4, -0.2) is 30.4 Å². The zero-order chi connectivity index (χ0) is 23.3. The molecular formula is C24H29FN4O3. The van der Waals surface area contributed by atoms with E-state index in [0.717, 1.165) is 23.2 Å². The lowest BCUT2D eigenvalue weighted by atomic mass is 10.0. The third kappa shape index (κ3) is 5.84. The second kappa shape index (κ2) is 10.3. The van der Waals surface area contributed by atoms with E-state index in [1.54, 1.807) is 23.1 Å². The van der Waals surface area contributed by atoms with Crippen molar-refractivity contribution in [3.8, 4) is 0 Å². The number of nitrogens with zero attached hydrogens (tertiary/aromatic N) is 1. The van der Waals surface area contributed by atoms with Gasteiger partial charge in [-0.2, -0.15) is 0 Å². The van der Waals surface area contributed by atoms with Crippen LogP contribution in [0.15, 0.2) is 42.5 Å². The van der Waals surface area contributed by atoms with Crippen LogP contribution in [0.3, 0.4) is 0 Å². The van der Waals surface area contributed by atoms with Crippen LogP contribution in [0.25, 0.3) is 0 Å². The van der Waals surface area contributed by atoms with Crippen molar-refractivity contribution in [1.82, 2.24) is 10.6 Å². The molecule has 4 amide bonds. The number of hydrogen-bond acceptors (Lipinski definition) is 3. The fourth-order valence-electron chi connectivity index (χ4n) is 3.67. The van der Waals surface area contributed by atoms with E-state index in [9.17, 15) is 18.8 Å². The fourth-order valence-corrected chi connectivity index (χ4v) is 3.67. The summed E-state index contributed by atoms with van der Waals surface area (Å²) in [6, 6.07) is 10.0. The van der Waals surface area contributed by atoms with E-state index in [1.807, 2.05) is 32.9 Å². The Morgan fingerprint density at radius 3 is 2.44 bits per heavy atom. The standard InChI is InChI=1S/C24H29FN4O3/c1-15(2)22(28-24(32)26-14-17-6-8-18(25)9-7-17)23(31)27-19-10-11-20(16(3)13-19)29-12-4-5-21(29)30/h6-11,13,15,22H,4-5,12,14H2,1-3H3,(H,27,31)(H2,26,28,32). The summed E-state index contributed by atoms with van der Waals surface area (Å²) in [5.74, 6) is -0.707. The Morgan fingerprint density at radius 1 is 1.12 bits per heavy atom. The Balaban J connectivity index is 1.59. The SMILES string of the molecule is Cc1cc(NC(=O)C(NC(=O)NCc2ccc(F)cc2)C(C)C)ccc1N1CCCC1=O. The van der Waals surface area contributed by atoms with E-state index in [0.29, 0.717) is 18.7 Å². The highest BCUT2D eigenvalue weighted by Crippen LogP contribution is 2.27. The molecule has 1 heterocycles. The van der Waals surface area contributed by atoms with Gasteiger partial charge in [0, 0.05) is 30.9 Å². The lowest BCUT2D eigenvalue weighted by Gasteiger charge is -2.23. The third-order valence-corrected chi connectivity index (χ3v) is 5.43. The summed E-state index contributed by atoms with van der Waals surface area (Å²) in [5, 5.41) is 8.24. The van der Waals surface area contributed by atoms with E-state index in [4.69, 9.17) is 0 Å². The molecule has 2 aromatic carbocycles. The van der Waals surface area contributed by atoms with Crippen molar-refractivity contribution >= 4 is 29.2 Å². The molecule has 1 atom stereocenters. The van der Waals surface area contributed by atoms with Crippen LogP contribution in [0.2, 0.25) is 0 Å². The van der Waals surface area contributed by atoms with Crippen LogP contribution >= 0.6 is 0 Å². The lowest BCUT2D eigenvalue weighted by molar-refractivity contribution is -0.119. The van der Waals surface area contributed by atoms with Gasteiger partial charge < -0.3 is 20.9 Å². The molecule has 0 aromatic heterocycles. The van der Waals surface area contributed by atoms with Gasteiger partial charge in [-0.15, -0.1) is 0 Å². The molecule has 170 valence electrons. The summed E-state index contributed by atoms with van der Waals surface area (Å²) in [6.07, 6.45) is 1.41. The highest BCUT2D eigenvalue weighted by molar-refractivity contribution is 5.99. The van der Waals surface area contributed by atoms with Crippen molar-refractivity contribution in [2.45, 2.75) is 46.2 Å². The molecule has 0 bridgehead atoms. The van der Waals surface area contributed by atoms with Crippen molar-refractivity contribution in [3.63, 3.8) is 0 Å². The number of nitrogens with one attached hydrogen (secondary N) is 3. The van der Waals surface area contributed by atoms with Crippen LogP contribution < -0.4 is 20.9 Å². The van der Waals surface area contributed by atoms with Gasteiger partial charge in [-0.3, -0.25) is 9.59 Å². The molecule has 0 radical (unpaired) electrons. The smallest absolute Gasteiger partial charge is 0.315 e. The Hall–Kier alpha value is -3.42. The van der Waals surface area contributed by atoms with Crippen LogP contribution in [0.5, 0.6) is 0 Å². The average Bonchev–Trinajstić information content (AvgIpc) is 3.17.